The summed E-state index contributed by atoms with van der Waals surface area (Å²) in [5.74, 6) is 3.48. The lowest BCUT2D eigenvalue weighted by Crippen LogP contribution is -2.21. The zero-order valence-corrected chi connectivity index (χ0v) is 11.0. The molecule has 1 aliphatic heterocycles. The van der Waals surface area contributed by atoms with E-state index in [-0.39, 0.29) is 0 Å². The molecule has 3 rings (SSSR count). The van der Waals surface area contributed by atoms with Gasteiger partial charge in [0.05, 0.1) is 6.61 Å². The first-order valence-corrected chi connectivity index (χ1v) is 7.06. The van der Waals surface area contributed by atoms with Crippen LogP contribution in [-0.2, 0) is 0 Å². The summed E-state index contributed by atoms with van der Waals surface area (Å²) >= 11 is 0. The van der Waals surface area contributed by atoms with E-state index in [9.17, 15) is 0 Å². The van der Waals surface area contributed by atoms with Gasteiger partial charge in [0.2, 0.25) is 5.88 Å². The van der Waals surface area contributed by atoms with Crippen molar-refractivity contribution in [3.63, 3.8) is 0 Å². The third-order valence-electron chi connectivity index (χ3n) is 4.22. The van der Waals surface area contributed by atoms with Crippen molar-refractivity contribution in [2.24, 2.45) is 11.8 Å². The Morgan fingerprint density at radius 3 is 2.61 bits per heavy atom. The van der Waals surface area contributed by atoms with Gasteiger partial charge in [0, 0.05) is 19.2 Å². The average molecular weight is 247 g/mol. The lowest BCUT2D eigenvalue weighted by molar-refractivity contribution is 0.299. The molecule has 98 valence electrons. The lowest BCUT2D eigenvalue weighted by Gasteiger charge is -2.22. The number of ether oxygens (including phenoxy) is 1. The van der Waals surface area contributed by atoms with Crippen LogP contribution in [-0.4, -0.2) is 29.7 Å². The molecule has 18 heavy (non-hydrogen) atoms. The van der Waals surface area contributed by atoms with Crippen molar-refractivity contribution in [2.75, 3.05) is 24.6 Å². The molecule has 1 aliphatic carbocycles. The van der Waals surface area contributed by atoms with Gasteiger partial charge in [-0.1, -0.05) is 12.8 Å². The largest absolute Gasteiger partial charge is 0.478 e. The van der Waals surface area contributed by atoms with Crippen LogP contribution < -0.4 is 9.64 Å². The number of anilines is 1. The van der Waals surface area contributed by atoms with E-state index in [1.165, 1.54) is 25.7 Å². The Hall–Kier alpha value is -1.32. The fourth-order valence-electron chi connectivity index (χ4n) is 3.32. The van der Waals surface area contributed by atoms with Crippen molar-refractivity contribution in [1.82, 2.24) is 9.97 Å². The predicted octanol–water partition coefficient (Wildman–Crippen LogP) is 2.50. The smallest absolute Gasteiger partial charge is 0.218 e. The number of hydrogen-bond donors (Lipinski definition) is 0. The molecule has 0 aromatic carbocycles. The summed E-state index contributed by atoms with van der Waals surface area (Å²) in [6.45, 7) is 4.95. The fourth-order valence-corrected chi connectivity index (χ4v) is 3.32. The van der Waals surface area contributed by atoms with Crippen LogP contribution in [0.5, 0.6) is 5.88 Å². The summed E-state index contributed by atoms with van der Waals surface area (Å²) in [5, 5.41) is 0. The van der Waals surface area contributed by atoms with Gasteiger partial charge in [0.1, 0.15) is 12.1 Å². The minimum atomic E-state index is 0.654. The first-order valence-electron chi connectivity index (χ1n) is 7.06. The van der Waals surface area contributed by atoms with Gasteiger partial charge in [-0.2, -0.15) is 0 Å². The molecule has 0 radical (unpaired) electrons. The van der Waals surface area contributed by atoms with Crippen LogP contribution in [0.4, 0.5) is 5.82 Å². The van der Waals surface area contributed by atoms with E-state index in [0.717, 1.165) is 30.7 Å². The normalized spacial score (nSPS) is 27.1. The van der Waals surface area contributed by atoms with E-state index >= 15 is 0 Å². The van der Waals surface area contributed by atoms with E-state index in [2.05, 4.69) is 14.9 Å². The van der Waals surface area contributed by atoms with Crippen LogP contribution >= 0.6 is 0 Å². The highest BCUT2D eigenvalue weighted by atomic mass is 16.5. The highest BCUT2D eigenvalue weighted by Gasteiger charge is 2.34. The Morgan fingerprint density at radius 1 is 1.22 bits per heavy atom. The van der Waals surface area contributed by atoms with Gasteiger partial charge in [-0.25, -0.2) is 9.97 Å². The summed E-state index contributed by atoms with van der Waals surface area (Å²) < 4.78 is 5.45. The van der Waals surface area contributed by atoms with Gasteiger partial charge >= 0.3 is 0 Å². The number of fused-ring (bicyclic) bond motifs is 1. The van der Waals surface area contributed by atoms with Crippen molar-refractivity contribution in [3.8, 4) is 5.88 Å². The van der Waals surface area contributed by atoms with Gasteiger partial charge in [-0.3, -0.25) is 0 Å². The van der Waals surface area contributed by atoms with E-state index in [1.807, 2.05) is 13.0 Å². The van der Waals surface area contributed by atoms with Crippen LogP contribution in [0, 0.1) is 11.8 Å². The second-order valence-electron chi connectivity index (χ2n) is 5.36. The molecule has 1 aromatic heterocycles. The highest BCUT2D eigenvalue weighted by molar-refractivity contribution is 5.42. The number of aromatic nitrogens is 2. The minimum Gasteiger partial charge on any atom is -0.478 e. The molecule has 1 saturated carbocycles. The quantitative estimate of drug-likeness (QED) is 0.822. The van der Waals surface area contributed by atoms with Crippen molar-refractivity contribution >= 4 is 5.82 Å². The van der Waals surface area contributed by atoms with Crippen molar-refractivity contribution in [1.29, 1.82) is 0 Å². The van der Waals surface area contributed by atoms with Crippen molar-refractivity contribution in [2.45, 2.75) is 32.6 Å². The maximum atomic E-state index is 5.45. The molecule has 2 aliphatic rings. The van der Waals surface area contributed by atoms with Gasteiger partial charge in [-0.05, 0) is 31.6 Å². The number of hydrogen-bond acceptors (Lipinski definition) is 4. The summed E-state index contributed by atoms with van der Waals surface area (Å²) in [6, 6.07) is 1.97. The number of rotatable bonds is 3. The Bertz CT molecular complexity index is 396. The topological polar surface area (TPSA) is 38.2 Å². The molecule has 2 atom stereocenters. The maximum Gasteiger partial charge on any atom is 0.218 e. The lowest BCUT2D eigenvalue weighted by atomic mass is 9.82. The monoisotopic (exact) mass is 247 g/mol. The van der Waals surface area contributed by atoms with Crippen molar-refractivity contribution in [3.05, 3.63) is 12.4 Å². The molecule has 4 nitrogen and oxygen atoms in total. The van der Waals surface area contributed by atoms with E-state index in [0.29, 0.717) is 12.5 Å². The van der Waals surface area contributed by atoms with Crippen molar-refractivity contribution < 1.29 is 4.74 Å². The molecule has 0 N–H and O–H groups in total. The second-order valence-corrected chi connectivity index (χ2v) is 5.36. The Kier molecular flexibility index (Phi) is 3.35. The van der Waals surface area contributed by atoms with Crippen LogP contribution in [0.1, 0.15) is 32.6 Å². The molecule has 0 spiro atoms. The highest BCUT2D eigenvalue weighted by Crippen LogP contribution is 2.37. The maximum absolute atomic E-state index is 5.45. The van der Waals surface area contributed by atoms with E-state index in [4.69, 9.17) is 4.74 Å². The molecular weight excluding hydrogens is 226 g/mol. The molecule has 2 heterocycles. The molecule has 4 heteroatoms. The molecule has 1 aromatic rings. The van der Waals surface area contributed by atoms with E-state index in [1.54, 1.807) is 6.33 Å². The Balaban J connectivity index is 1.73. The first kappa shape index (κ1) is 11.8. The number of nitrogens with zero attached hydrogens (tertiary/aromatic N) is 3. The molecule has 1 saturated heterocycles. The van der Waals surface area contributed by atoms with Crippen LogP contribution in [0.2, 0.25) is 0 Å². The summed E-state index contributed by atoms with van der Waals surface area (Å²) in [7, 11) is 0. The van der Waals surface area contributed by atoms with Crippen LogP contribution in [0.25, 0.3) is 0 Å². The second kappa shape index (κ2) is 5.12. The van der Waals surface area contributed by atoms with Gasteiger partial charge in [0.25, 0.3) is 0 Å². The Morgan fingerprint density at radius 2 is 1.94 bits per heavy atom. The first-order chi connectivity index (χ1) is 8.86. The minimum absolute atomic E-state index is 0.654. The summed E-state index contributed by atoms with van der Waals surface area (Å²) in [4.78, 5) is 10.9. The van der Waals surface area contributed by atoms with Gasteiger partial charge in [0.15, 0.2) is 0 Å². The predicted molar refractivity (Wildman–Crippen MR) is 70.9 cm³/mol. The standard InChI is InChI=1S/C14H21N3O/c1-2-18-14-7-13(15-10-16-14)17-8-11-5-3-4-6-12(11)9-17/h7,10-12H,2-6,8-9H2,1H3. The van der Waals surface area contributed by atoms with E-state index < -0.39 is 0 Å². The summed E-state index contributed by atoms with van der Waals surface area (Å²) in [5.41, 5.74) is 0. The van der Waals surface area contributed by atoms with Gasteiger partial charge < -0.3 is 9.64 Å². The van der Waals surface area contributed by atoms with Crippen LogP contribution in [0.15, 0.2) is 12.4 Å². The zero-order valence-electron chi connectivity index (χ0n) is 11.0. The molecule has 2 unspecified atom stereocenters. The third kappa shape index (κ3) is 2.28. The zero-order chi connectivity index (χ0) is 12.4. The SMILES string of the molecule is CCOc1cc(N2CC3CCCCC3C2)ncn1. The fraction of sp³-hybridized carbons (Fsp3) is 0.714. The average Bonchev–Trinajstić information content (AvgIpc) is 2.83. The molecule has 0 amide bonds. The molecule has 0 bridgehead atoms. The Labute approximate surface area is 108 Å². The summed E-state index contributed by atoms with van der Waals surface area (Å²) in [6.07, 6.45) is 7.21. The molecular formula is C14H21N3O. The van der Waals surface area contributed by atoms with Crippen LogP contribution in [0.3, 0.4) is 0 Å². The third-order valence-corrected chi connectivity index (χ3v) is 4.22. The molecule has 2 fully saturated rings. The van der Waals surface area contributed by atoms with Gasteiger partial charge in [-0.15, -0.1) is 0 Å².